The first kappa shape index (κ1) is 19.6. The second-order valence-corrected chi connectivity index (χ2v) is 11.7. The minimum absolute atomic E-state index is 0.293. The molecule has 0 saturated heterocycles. The van der Waals surface area contributed by atoms with Crippen LogP contribution in [0, 0.1) is 11.8 Å². The van der Waals surface area contributed by atoms with Gasteiger partial charge in [0.25, 0.3) is 0 Å². The zero-order valence-corrected chi connectivity index (χ0v) is 17.4. The van der Waals surface area contributed by atoms with Gasteiger partial charge in [0.05, 0.1) is 22.8 Å². The van der Waals surface area contributed by atoms with Crippen molar-refractivity contribution in [3.8, 4) is 0 Å². The monoisotopic (exact) mass is 393 g/mol. The van der Waals surface area contributed by atoms with Crippen LogP contribution < -0.4 is 0 Å². The Kier molecular flexibility index (Phi) is 5.64. The summed E-state index contributed by atoms with van der Waals surface area (Å²) in [4.78, 5) is 4.68. The molecule has 1 aliphatic heterocycles. The van der Waals surface area contributed by atoms with Crippen LogP contribution in [0.25, 0.3) is 0 Å². The van der Waals surface area contributed by atoms with Gasteiger partial charge < -0.3 is 0 Å². The van der Waals surface area contributed by atoms with Gasteiger partial charge in [0, 0.05) is 10.6 Å². The lowest BCUT2D eigenvalue weighted by Crippen LogP contribution is -2.34. The molecule has 1 saturated carbocycles. The number of rotatable bonds is 4. The highest BCUT2D eigenvalue weighted by atomic mass is 35.5. The lowest BCUT2D eigenvalue weighted by molar-refractivity contribution is 0.319. The highest BCUT2D eigenvalue weighted by Gasteiger charge is 2.34. The summed E-state index contributed by atoms with van der Waals surface area (Å²) in [6, 6.07) is 7.82. The van der Waals surface area contributed by atoms with Crippen molar-refractivity contribution in [1.29, 1.82) is 0 Å². The van der Waals surface area contributed by atoms with E-state index in [0.717, 1.165) is 48.5 Å². The van der Waals surface area contributed by atoms with Crippen LogP contribution in [0.2, 0.25) is 5.02 Å². The first-order chi connectivity index (χ1) is 12.2. The van der Waals surface area contributed by atoms with E-state index in [1.807, 2.05) is 24.3 Å². The molecule has 0 aromatic heterocycles. The van der Waals surface area contributed by atoms with Gasteiger partial charge in [-0.25, -0.2) is 8.42 Å². The van der Waals surface area contributed by atoms with E-state index in [0.29, 0.717) is 17.6 Å². The number of hydrogen-bond acceptors (Lipinski definition) is 3. The molecule has 0 bridgehead atoms. The van der Waals surface area contributed by atoms with Crippen LogP contribution in [0.1, 0.15) is 52.0 Å². The molecule has 1 fully saturated rings. The first-order valence-electron chi connectivity index (χ1n) is 9.39. The molecule has 2 aliphatic rings. The van der Waals surface area contributed by atoms with Gasteiger partial charge in [0.1, 0.15) is 0 Å². The molecule has 1 heterocycles. The number of benzene rings is 1. The van der Waals surface area contributed by atoms with Crippen LogP contribution in [0.3, 0.4) is 0 Å². The topological polar surface area (TPSA) is 46.5 Å². The van der Waals surface area contributed by atoms with Crippen LogP contribution in [0.4, 0.5) is 0 Å². The lowest BCUT2D eigenvalue weighted by Gasteiger charge is -2.31. The standard InChI is InChI=1S/C21H28ClNO2S/c1-21(2,3)26(24,25)14-15-8-10-16(11-9-15)17-12-20(23-13-17)18-6-4-5-7-19(18)22/h4-7,12,15-16H,8-11,13-14H2,1-3H3. The molecule has 0 unspecified atom stereocenters. The van der Waals surface area contributed by atoms with Gasteiger partial charge in [-0.1, -0.05) is 29.8 Å². The van der Waals surface area contributed by atoms with Crippen LogP contribution in [0.15, 0.2) is 40.9 Å². The second-order valence-electron chi connectivity index (χ2n) is 8.51. The highest BCUT2D eigenvalue weighted by Crippen LogP contribution is 2.37. The Bertz CT molecular complexity index is 826. The fraction of sp³-hybridized carbons (Fsp3) is 0.571. The summed E-state index contributed by atoms with van der Waals surface area (Å²) in [6.07, 6.45) is 6.28. The molecular weight excluding hydrogens is 366 g/mol. The Balaban J connectivity index is 1.60. The van der Waals surface area contributed by atoms with Crippen LogP contribution in [-0.4, -0.2) is 31.2 Å². The average molecular weight is 394 g/mol. The van der Waals surface area contributed by atoms with Gasteiger partial charge in [-0.3, -0.25) is 4.99 Å². The number of hydrogen-bond donors (Lipinski definition) is 0. The molecule has 0 atom stereocenters. The Morgan fingerprint density at radius 3 is 2.38 bits per heavy atom. The van der Waals surface area contributed by atoms with Crippen LogP contribution >= 0.6 is 11.6 Å². The van der Waals surface area contributed by atoms with Crippen LogP contribution in [-0.2, 0) is 9.84 Å². The fourth-order valence-corrected chi connectivity index (χ4v) is 5.47. The normalized spacial score (nSPS) is 24.3. The van der Waals surface area contributed by atoms with Crippen molar-refractivity contribution >= 4 is 27.1 Å². The summed E-state index contributed by atoms with van der Waals surface area (Å²) in [5.74, 6) is 1.14. The summed E-state index contributed by atoms with van der Waals surface area (Å²) >= 11 is 6.29. The van der Waals surface area contributed by atoms with E-state index in [2.05, 4.69) is 11.1 Å². The van der Waals surface area contributed by atoms with Gasteiger partial charge in [-0.05, 0) is 76.0 Å². The molecular formula is C21H28ClNO2S. The number of halogens is 1. The van der Waals surface area contributed by atoms with Crippen molar-refractivity contribution in [2.45, 2.75) is 51.2 Å². The average Bonchev–Trinajstić information content (AvgIpc) is 3.04. The fourth-order valence-electron chi connectivity index (χ4n) is 3.78. The number of allylic oxidation sites excluding steroid dienone is 1. The van der Waals surface area contributed by atoms with E-state index < -0.39 is 14.6 Å². The smallest absolute Gasteiger partial charge is 0.155 e. The molecule has 0 amide bonds. The largest absolute Gasteiger partial charge is 0.280 e. The van der Waals surface area contributed by atoms with Crippen molar-refractivity contribution in [3.05, 3.63) is 46.5 Å². The van der Waals surface area contributed by atoms with E-state index in [9.17, 15) is 8.42 Å². The lowest BCUT2D eigenvalue weighted by atomic mass is 9.79. The molecule has 3 rings (SSSR count). The van der Waals surface area contributed by atoms with E-state index in [1.165, 1.54) is 5.57 Å². The van der Waals surface area contributed by atoms with Crippen molar-refractivity contribution in [1.82, 2.24) is 0 Å². The zero-order chi connectivity index (χ0) is 18.9. The number of sulfone groups is 1. The Hall–Kier alpha value is -1.13. The van der Waals surface area contributed by atoms with Crippen molar-refractivity contribution in [3.63, 3.8) is 0 Å². The maximum Gasteiger partial charge on any atom is 0.155 e. The number of nitrogens with zero attached hydrogens (tertiary/aromatic N) is 1. The van der Waals surface area contributed by atoms with E-state index >= 15 is 0 Å². The minimum Gasteiger partial charge on any atom is -0.280 e. The highest BCUT2D eigenvalue weighted by molar-refractivity contribution is 7.92. The summed E-state index contributed by atoms with van der Waals surface area (Å²) < 4.78 is 24.2. The number of aliphatic imine (C=N–C) groups is 1. The van der Waals surface area contributed by atoms with Gasteiger partial charge in [0.15, 0.2) is 9.84 Å². The van der Waals surface area contributed by atoms with Gasteiger partial charge in [-0.2, -0.15) is 0 Å². The third kappa shape index (κ3) is 4.23. The maximum absolute atomic E-state index is 12.4. The second kappa shape index (κ2) is 7.47. The molecule has 1 aromatic carbocycles. The Morgan fingerprint density at radius 2 is 1.77 bits per heavy atom. The van der Waals surface area contributed by atoms with Gasteiger partial charge >= 0.3 is 0 Å². The van der Waals surface area contributed by atoms with E-state index in [4.69, 9.17) is 11.6 Å². The van der Waals surface area contributed by atoms with Gasteiger partial charge in [0.2, 0.25) is 0 Å². The molecule has 0 radical (unpaired) electrons. The van der Waals surface area contributed by atoms with Crippen LogP contribution in [0.5, 0.6) is 0 Å². The predicted octanol–water partition coefficient (Wildman–Crippen LogP) is 5.09. The molecule has 26 heavy (non-hydrogen) atoms. The maximum atomic E-state index is 12.4. The minimum atomic E-state index is -3.04. The SMILES string of the molecule is CC(C)(C)S(=O)(=O)CC1CCC(C2=CC(c3ccccc3Cl)=NC2)CC1. The quantitative estimate of drug-likeness (QED) is 0.715. The predicted molar refractivity (Wildman–Crippen MR) is 110 cm³/mol. The summed E-state index contributed by atoms with van der Waals surface area (Å²) in [7, 11) is -3.04. The molecule has 5 heteroatoms. The molecule has 3 nitrogen and oxygen atoms in total. The molecule has 0 N–H and O–H groups in total. The Labute approximate surface area is 162 Å². The van der Waals surface area contributed by atoms with E-state index in [1.54, 1.807) is 20.8 Å². The Morgan fingerprint density at radius 1 is 1.12 bits per heavy atom. The first-order valence-corrected chi connectivity index (χ1v) is 11.4. The molecule has 1 aromatic rings. The molecule has 1 aliphatic carbocycles. The molecule has 0 spiro atoms. The van der Waals surface area contributed by atoms with Crippen molar-refractivity contribution < 1.29 is 8.42 Å². The van der Waals surface area contributed by atoms with Gasteiger partial charge in [-0.15, -0.1) is 0 Å². The third-order valence-corrected chi connectivity index (χ3v) is 8.77. The van der Waals surface area contributed by atoms with E-state index in [-0.39, 0.29) is 0 Å². The van der Waals surface area contributed by atoms with Crippen molar-refractivity contribution in [2.75, 3.05) is 12.3 Å². The summed E-state index contributed by atoms with van der Waals surface area (Å²) in [6.45, 7) is 6.14. The summed E-state index contributed by atoms with van der Waals surface area (Å²) in [5, 5.41) is 0.736. The zero-order valence-electron chi connectivity index (χ0n) is 15.8. The summed E-state index contributed by atoms with van der Waals surface area (Å²) in [5.41, 5.74) is 3.34. The van der Waals surface area contributed by atoms with Crippen molar-refractivity contribution in [2.24, 2.45) is 16.8 Å². The third-order valence-electron chi connectivity index (χ3n) is 5.66. The molecule has 142 valence electrons.